The quantitative estimate of drug-likeness (QED) is 0.835. The van der Waals surface area contributed by atoms with Crippen molar-refractivity contribution in [3.63, 3.8) is 0 Å². The van der Waals surface area contributed by atoms with Gasteiger partial charge in [0.2, 0.25) is 0 Å². The molecule has 2 fully saturated rings. The summed E-state index contributed by atoms with van der Waals surface area (Å²) in [5.74, 6) is 2.96. The van der Waals surface area contributed by atoms with Gasteiger partial charge in [-0.3, -0.25) is 4.79 Å². The third kappa shape index (κ3) is 3.75. The Morgan fingerprint density at radius 3 is 2.57 bits per heavy atom. The number of rotatable bonds is 5. The van der Waals surface area contributed by atoms with Crippen molar-refractivity contribution in [3.8, 4) is 0 Å². The smallest absolute Gasteiger partial charge is 0.303 e. The lowest BCUT2D eigenvalue weighted by molar-refractivity contribution is -0.137. The van der Waals surface area contributed by atoms with Gasteiger partial charge >= 0.3 is 5.97 Å². The van der Waals surface area contributed by atoms with Gasteiger partial charge in [-0.2, -0.15) is 11.8 Å². The fraction of sp³-hybridized carbons (Fsp3) is 0.588. The van der Waals surface area contributed by atoms with E-state index in [0.29, 0.717) is 11.8 Å². The van der Waals surface area contributed by atoms with E-state index in [1.807, 2.05) is 17.8 Å². The first kappa shape index (κ1) is 15.2. The van der Waals surface area contributed by atoms with Crippen LogP contribution in [0.2, 0.25) is 5.02 Å². The van der Waals surface area contributed by atoms with Crippen molar-refractivity contribution in [3.05, 3.63) is 34.3 Å². The Kier molecular flexibility index (Phi) is 4.80. The third-order valence-corrected chi connectivity index (χ3v) is 6.08. The molecular weight excluding hydrogens is 304 g/mol. The third-order valence-electron chi connectivity index (χ3n) is 4.70. The van der Waals surface area contributed by atoms with Gasteiger partial charge < -0.3 is 5.11 Å². The molecule has 1 aromatic carbocycles. The minimum Gasteiger partial charge on any atom is -0.481 e. The highest BCUT2D eigenvalue weighted by atomic mass is 35.5. The molecule has 1 unspecified atom stereocenters. The van der Waals surface area contributed by atoms with E-state index >= 15 is 0 Å². The lowest BCUT2D eigenvalue weighted by Crippen LogP contribution is -2.11. The molecule has 2 aliphatic rings. The molecule has 1 aliphatic heterocycles. The van der Waals surface area contributed by atoms with Crippen molar-refractivity contribution in [2.75, 3.05) is 11.5 Å². The number of carboxylic acids is 1. The summed E-state index contributed by atoms with van der Waals surface area (Å²) in [6.07, 6.45) is 4.92. The molecule has 21 heavy (non-hydrogen) atoms. The second-order valence-corrected chi connectivity index (χ2v) is 7.84. The summed E-state index contributed by atoms with van der Waals surface area (Å²) in [6, 6.07) is 6.30. The number of thioether (sulfide) groups is 1. The molecule has 4 heteroatoms. The van der Waals surface area contributed by atoms with Gasteiger partial charge in [0, 0.05) is 5.02 Å². The maximum absolute atomic E-state index is 11.1. The molecule has 0 amide bonds. The summed E-state index contributed by atoms with van der Waals surface area (Å²) in [5, 5.41) is 9.95. The van der Waals surface area contributed by atoms with Gasteiger partial charge in [-0.25, -0.2) is 0 Å². The first-order chi connectivity index (χ1) is 10.1. The van der Waals surface area contributed by atoms with Crippen molar-refractivity contribution in [1.82, 2.24) is 0 Å². The first-order valence-corrected chi connectivity index (χ1v) is 9.27. The Balaban J connectivity index is 1.80. The van der Waals surface area contributed by atoms with Crippen molar-refractivity contribution in [2.45, 2.75) is 43.9 Å². The molecule has 1 saturated heterocycles. The molecule has 1 aromatic rings. The van der Waals surface area contributed by atoms with Crippen LogP contribution in [0, 0.1) is 5.92 Å². The van der Waals surface area contributed by atoms with Crippen LogP contribution in [-0.4, -0.2) is 22.6 Å². The van der Waals surface area contributed by atoms with Crippen LogP contribution in [0.15, 0.2) is 18.2 Å². The monoisotopic (exact) mass is 324 g/mol. The van der Waals surface area contributed by atoms with E-state index < -0.39 is 5.97 Å². The molecule has 2 nitrogen and oxygen atoms in total. The molecule has 1 saturated carbocycles. The largest absolute Gasteiger partial charge is 0.481 e. The normalized spacial score (nSPS) is 21.2. The van der Waals surface area contributed by atoms with Gasteiger partial charge in [0.15, 0.2) is 0 Å². The number of aliphatic carboxylic acids is 1. The SMILES string of the molecule is O=C(O)CC(c1ccc(C2CCSCC2)c(Cl)c1)C1CC1. The number of hydrogen-bond donors (Lipinski definition) is 1. The van der Waals surface area contributed by atoms with E-state index in [9.17, 15) is 4.79 Å². The average molecular weight is 325 g/mol. The highest BCUT2D eigenvalue weighted by Crippen LogP contribution is 2.46. The Labute approximate surface area is 135 Å². The Morgan fingerprint density at radius 1 is 1.29 bits per heavy atom. The van der Waals surface area contributed by atoms with Gasteiger partial charge in [0.1, 0.15) is 0 Å². The Morgan fingerprint density at radius 2 is 2.00 bits per heavy atom. The second-order valence-electron chi connectivity index (χ2n) is 6.21. The van der Waals surface area contributed by atoms with Crippen LogP contribution >= 0.6 is 23.4 Å². The van der Waals surface area contributed by atoms with Crippen molar-refractivity contribution < 1.29 is 9.90 Å². The molecule has 1 aliphatic carbocycles. The van der Waals surface area contributed by atoms with Crippen molar-refractivity contribution in [2.24, 2.45) is 5.92 Å². The van der Waals surface area contributed by atoms with Crippen LogP contribution in [0.3, 0.4) is 0 Å². The molecule has 114 valence electrons. The first-order valence-electron chi connectivity index (χ1n) is 7.74. The van der Waals surface area contributed by atoms with E-state index in [4.69, 9.17) is 16.7 Å². The fourth-order valence-electron chi connectivity index (χ4n) is 3.36. The van der Waals surface area contributed by atoms with Gasteiger partial charge in [-0.15, -0.1) is 0 Å². The number of hydrogen-bond acceptors (Lipinski definition) is 2. The zero-order chi connectivity index (χ0) is 14.8. The predicted octanol–water partition coefficient (Wildman–Crippen LogP) is 4.92. The lowest BCUT2D eigenvalue weighted by atomic mass is 9.87. The Bertz CT molecular complexity index is 522. The van der Waals surface area contributed by atoms with E-state index in [2.05, 4.69) is 12.1 Å². The summed E-state index contributed by atoms with van der Waals surface area (Å²) >= 11 is 8.53. The molecule has 3 rings (SSSR count). The second kappa shape index (κ2) is 6.62. The summed E-state index contributed by atoms with van der Waals surface area (Å²) in [5.41, 5.74) is 2.37. The van der Waals surface area contributed by atoms with Gasteiger partial charge in [-0.1, -0.05) is 23.7 Å². The molecule has 1 atom stereocenters. The predicted molar refractivity (Wildman–Crippen MR) is 88.5 cm³/mol. The van der Waals surface area contributed by atoms with Crippen LogP contribution < -0.4 is 0 Å². The summed E-state index contributed by atoms with van der Waals surface area (Å²) < 4.78 is 0. The minimum atomic E-state index is -0.712. The number of carbonyl (C=O) groups is 1. The standard InChI is InChI=1S/C17H21ClO2S/c18-16-9-13(15(10-17(19)20)11-1-2-11)3-4-14(16)12-5-7-21-8-6-12/h3-4,9,11-12,15H,1-2,5-8,10H2,(H,19,20). The van der Waals surface area contributed by atoms with E-state index in [1.165, 1.54) is 29.9 Å². The van der Waals surface area contributed by atoms with E-state index in [-0.39, 0.29) is 12.3 Å². The van der Waals surface area contributed by atoms with Gasteiger partial charge in [-0.05, 0) is 72.1 Å². The number of halogens is 1. The highest BCUT2D eigenvalue weighted by Gasteiger charge is 2.34. The van der Waals surface area contributed by atoms with Crippen LogP contribution in [0.1, 0.15) is 55.1 Å². The van der Waals surface area contributed by atoms with Crippen LogP contribution in [0.5, 0.6) is 0 Å². The topological polar surface area (TPSA) is 37.3 Å². The number of carboxylic acid groups (broad SMARTS) is 1. The van der Waals surface area contributed by atoms with Crippen LogP contribution in [-0.2, 0) is 4.79 Å². The maximum atomic E-state index is 11.1. The summed E-state index contributed by atoms with van der Waals surface area (Å²) in [7, 11) is 0. The number of benzene rings is 1. The average Bonchev–Trinajstić information content (AvgIpc) is 3.30. The summed E-state index contributed by atoms with van der Waals surface area (Å²) in [6.45, 7) is 0. The summed E-state index contributed by atoms with van der Waals surface area (Å²) in [4.78, 5) is 11.1. The lowest BCUT2D eigenvalue weighted by Gasteiger charge is -2.24. The molecule has 0 bridgehead atoms. The highest BCUT2D eigenvalue weighted by molar-refractivity contribution is 7.99. The maximum Gasteiger partial charge on any atom is 0.303 e. The molecular formula is C17H21ClO2S. The zero-order valence-corrected chi connectivity index (χ0v) is 13.6. The van der Waals surface area contributed by atoms with Crippen molar-refractivity contribution >= 4 is 29.3 Å². The molecule has 0 spiro atoms. The van der Waals surface area contributed by atoms with E-state index in [0.717, 1.165) is 23.4 Å². The molecule has 1 heterocycles. The minimum absolute atomic E-state index is 0.135. The Hall–Kier alpha value is -0.670. The van der Waals surface area contributed by atoms with E-state index in [1.54, 1.807) is 0 Å². The van der Waals surface area contributed by atoms with Gasteiger partial charge in [0.05, 0.1) is 6.42 Å². The molecule has 1 N–H and O–H groups in total. The molecule has 0 radical (unpaired) electrons. The van der Waals surface area contributed by atoms with Crippen molar-refractivity contribution in [1.29, 1.82) is 0 Å². The van der Waals surface area contributed by atoms with Crippen LogP contribution in [0.4, 0.5) is 0 Å². The van der Waals surface area contributed by atoms with Gasteiger partial charge in [0.25, 0.3) is 0 Å². The zero-order valence-electron chi connectivity index (χ0n) is 12.1. The van der Waals surface area contributed by atoms with Crippen LogP contribution in [0.25, 0.3) is 0 Å². The molecule has 0 aromatic heterocycles. The fourth-order valence-corrected chi connectivity index (χ4v) is 4.81.